The van der Waals surface area contributed by atoms with Crippen LogP contribution in [-0.4, -0.2) is 38.3 Å². The van der Waals surface area contributed by atoms with Crippen LogP contribution in [0.5, 0.6) is 0 Å². The number of H-pyrrole nitrogens is 1. The minimum absolute atomic E-state index is 0.0246. The molecule has 0 bridgehead atoms. The number of nitrogens with one attached hydrogen (secondary N) is 2. The molecule has 1 saturated heterocycles. The van der Waals surface area contributed by atoms with Crippen LogP contribution < -0.4 is 10.5 Å². The molecule has 7 nitrogen and oxygen atoms in total. The van der Waals surface area contributed by atoms with E-state index in [0.717, 1.165) is 53.8 Å². The smallest absolute Gasteiger partial charge is 0.258 e. The lowest BCUT2D eigenvalue weighted by atomic mass is 10.0. The standard InChI is InChI=1S/C21H26N6O/c1-14-8-9-15-13-17(21(28)22-18(15)12-14)19(26-10-4-5-11-26)20-23-24-25-27(20)16-6-2-3-7-16/h8-9,12-13,16,19H,2-7,10-11H2,1H3,(H,22,28)/p+1/t19-/m1/s1. The molecule has 0 spiro atoms. The molecule has 1 aliphatic carbocycles. The Morgan fingerprint density at radius 1 is 1.14 bits per heavy atom. The fourth-order valence-corrected chi connectivity index (χ4v) is 5.01. The van der Waals surface area contributed by atoms with E-state index in [2.05, 4.69) is 38.7 Å². The molecule has 1 aromatic carbocycles. The second-order valence-electron chi connectivity index (χ2n) is 8.36. The summed E-state index contributed by atoms with van der Waals surface area (Å²) in [5.41, 5.74) is 2.79. The third-order valence-electron chi connectivity index (χ3n) is 6.44. The number of aromatic amines is 1. The van der Waals surface area contributed by atoms with Crippen LogP contribution in [0.3, 0.4) is 0 Å². The maximum Gasteiger partial charge on any atom is 0.258 e. The predicted molar refractivity (Wildman–Crippen MR) is 106 cm³/mol. The van der Waals surface area contributed by atoms with Crippen molar-refractivity contribution in [2.24, 2.45) is 0 Å². The number of rotatable bonds is 4. The van der Waals surface area contributed by atoms with E-state index in [-0.39, 0.29) is 11.6 Å². The first-order valence-electron chi connectivity index (χ1n) is 10.5. The summed E-state index contributed by atoms with van der Waals surface area (Å²) < 4.78 is 2.02. The van der Waals surface area contributed by atoms with Crippen LogP contribution in [0.1, 0.15) is 67.6 Å². The predicted octanol–water partition coefficient (Wildman–Crippen LogP) is 1.71. The van der Waals surface area contributed by atoms with Crippen LogP contribution in [0.4, 0.5) is 0 Å². The number of fused-ring (bicyclic) bond motifs is 1. The number of quaternary nitrogens is 1. The van der Waals surface area contributed by atoms with Gasteiger partial charge in [-0.25, -0.2) is 4.68 Å². The molecule has 0 amide bonds. The van der Waals surface area contributed by atoms with Crippen LogP contribution in [-0.2, 0) is 0 Å². The minimum Gasteiger partial charge on any atom is -0.322 e. The Bertz CT molecular complexity index is 1040. The zero-order valence-electron chi connectivity index (χ0n) is 16.3. The van der Waals surface area contributed by atoms with Gasteiger partial charge in [0.25, 0.3) is 5.56 Å². The third-order valence-corrected chi connectivity index (χ3v) is 6.44. The Hall–Kier alpha value is -2.54. The highest BCUT2D eigenvalue weighted by atomic mass is 16.1. The summed E-state index contributed by atoms with van der Waals surface area (Å²) in [4.78, 5) is 17.6. The molecular formula is C21H27N6O+. The fraction of sp³-hybridized carbons (Fsp3) is 0.524. The van der Waals surface area contributed by atoms with Gasteiger partial charge in [-0.05, 0) is 53.3 Å². The van der Waals surface area contributed by atoms with Crippen molar-refractivity contribution in [1.29, 1.82) is 0 Å². The Morgan fingerprint density at radius 2 is 1.93 bits per heavy atom. The molecule has 1 saturated carbocycles. The zero-order valence-corrected chi connectivity index (χ0v) is 16.3. The summed E-state index contributed by atoms with van der Waals surface area (Å²) in [5.74, 6) is 0.848. The SMILES string of the molecule is Cc1ccc2cc([C@H](c3nnnn3C3CCCC3)[NH+]3CCCC3)c(=O)[nH]c2c1. The number of pyridine rings is 1. The number of aromatic nitrogens is 5. The number of aryl methyl sites for hydroxylation is 1. The first kappa shape index (κ1) is 17.6. The number of nitrogens with zero attached hydrogens (tertiary/aromatic N) is 4. The average Bonchev–Trinajstić information content (AvgIpc) is 3.45. The zero-order chi connectivity index (χ0) is 19.1. The molecule has 28 heavy (non-hydrogen) atoms. The summed E-state index contributed by atoms with van der Waals surface area (Å²) in [6.45, 7) is 4.14. The highest BCUT2D eigenvalue weighted by Crippen LogP contribution is 2.31. The number of likely N-dealkylation sites (tertiary alicyclic amines) is 1. The van der Waals surface area contributed by atoms with E-state index in [0.29, 0.717) is 6.04 Å². The van der Waals surface area contributed by atoms with Crippen LogP contribution in [0.15, 0.2) is 29.1 Å². The third kappa shape index (κ3) is 3.03. The van der Waals surface area contributed by atoms with Crippen LogP contribution in [0.2, 0.25) is 0 Å². The Balaban J connectivity index is 1.65. The quantitative estimate of drug-likeness (QED) is 0.723. The van der Waals surface area contributed by atoms with Crippen LogP contribution >= 0.6 is 0 Å². The van der Waals surface area contributed by atoms with Crippen LogP contribution in [0, 0.1) is 6.92 Å². The maximum absolute atomic E-state index is 13.1. The Kier molecular flexibility index (Phi) is 4.47. The van der Waals surface area contributed by atoms with E-state index in [1.54, 1.807) is 0 Å². The highest BCUT2D eigenvalue weighted by Gasteiger charge is 2.37. The first-order valence-corrected chi connectivity index (χ1v) is 10.5. The van der Waals surface area contributed by atoms with Gasteiger partial charge in [0, 0.05) is 18.4 Å². The minimum atomic E-state index is -0.118. The van der Waals surface area contributed by atoms with Gasteiger partial charge >= 0.3 is 0 Å². The second kappa shape index (κ2) is 7.13. The molecular weight excluding hydrogens is 352 g/mol. The van der Waals surface area contributed by atoms with E-state index < -0.39 is 0 Å². The topological polar surface area (TPSA) is 80.9 Å². The van der Waals surface area contributed by atoms with Crippen molar-refractivity contribution in [3.05, 3.63) is 51.6 Å². The number of benzene rings is 1. The van der Waals surface area contributed by atoms with Crippen molar-refractivity contribution < 1.29 is 4.90 Å². The molecule has 0 unspecified atom stereocenters. The maximum atomic E-state index is 13.1. The summed E-state index contributed by atoms with van der Waals surface area (Å²) in [5, 5.41) is 13.9. The van der Waals surface area contributed by atoms with Gasteiger partial charge in [-0.3, -0.25) is 4.79 Å². The van der Waals surface area contributed by atoms with Crippen molar-refractivity contribution in [2.75, 3.05) is 13.1 Å². The van der Waals surface area contributed by atoms with Gasteiger partial charge in [-0.1, -0.05) is 25.0 Å². The molecule has 7 heteroatoms. The molecule has 3 aromatic rings. The Labute approximate surface area is 163 Å². The lowest BCUT2D eigenvalue weighted by molar-refractivity contribution is -0.914. The van der Waals surface area contributed by atoms with Crippen molar-refractivity contribution in [2.45, 2.75) is 57.5 Å². The average molecular weight is 379 g/mol. The molecule has 146 valence electrons. The van der Waals surface area contributed by atoms with Gasteiger partial charge in [-0.15, -0.1) is 5.10 Å². The van der Waals surface area contributed by atoms with Gasteiger partial charge < -0.3 is 9.88 Å². The van der Waals surface area contributed by atoms with E-state index in [1.807, 2.05) is 17.7 Å². The van der Waals surface area contributed by atoms with E-state index in [9.17, 15) is 4.79 Å². The highest BCUT2D eigenvalue weighted by molar-refractivity contribution is 5.79. The van der Waals surface area contributed by atoms with Gasteiger partial charge in [0.2, 0.25) is 5.82 Å². The number of hydrogen-bond donors (Lipinski definition) is 2. The fourth-order valence-electron chi connectivity index (χ4n) is 5.01. The molecule has 0 radical (unpaired) electrons. The first-order chi connectivity index (χ1) is 13.7. The molecule has 1 atom stereocenters. The lowest BCUT2D eigenvalue weighted by Gasteiger charge is -2.25. The van der Waals surface area contributed by atoms with Crippen molar-refractivity contribution in [3.8, 4) is 0 Å². The molecule has 2 N–H and O–H groups in total. The summed E-state index contributed by atoms with van der Waals surface area (Å²) in [6, 6.07) is 8.49. The van der Waals surface area contributed by atoms with Crippen LogP contribution in [0.25, 0.3) is 10.9 Å². The monoisotopic (exact) mass is 379 g/mol. The second-order valence-corrected chi connectivity index (χ2v) is 8.36. The molecule has 2 fully saturated rings. The van der Waals surface area contributed by atoms with Crippen molar-refractivity contribution in [1.82, 2.24) is 25.2 Å². The van der Waals surface area contributed by atoms with E-state index in [1.165, 1.54) is 30.6 Å². The summed E-state index contributed by atoms with van der Waals surface area (Å²) in [7, 11) is 0. The van der Waals surface area contributed by atoms with E-state index >= 15 is 0 Å². The number of tetrazole rings is 1. The van der Waals surface area contributed by atoms with Gasteiger partial charge in [-0.2, -0.15) is 0 Å². The largest absolute Gasteiger partial charge is 0.322 e. The molecule has 5 rings (SSSR count). The van der Waals surface area contributed by atoms with E-state index in [4.69, 9.17) is 0 Å². The van der Waals surface area contributed by atoms with Gasteiger partial charge in [0.15, 0.2) is 6.04 Å². The lowest BCUT2D eigenvalue weighted by Crippen LogP contribution is -3.10. The molecule has 1 aliphatic heterocycles. The summed E-state index contributed by atoms with van der Waals surface area (Å²) >= 11 is 0. The summed E-state index contributed by atoms with van der Waals surface area (Å²) in [6.07, 6.45) is 7.05. The molecule has 2 aromatic heterocycles. The van der Waals surface area contributed by atoms with Crippen molar-refractivity contribution in [3.63, 3.8) is 0 Å². The molecule has 3 heterocycles. The Morgan fingerprint density at radius 3 is 2.71 bits per heavy atom. The van der Waals surface area contributed by atoms with Gasteiger partial charge in [0.1, 0.15) is 0 Å². The number of hydrogen-bond acceptors (Lipinski definition) is 4. The normalized spacial score (nSPS) is 19.6. The molecule has 2 aliphatic rings. The van der Waals surface area contributed by atoms with Gasteiger partial charge in [0.05, 0.1) is 24.7 Å². The van der Waals surface area contributed by atoms with Crippen molar-refractivity contribution >= 4 is 10.9 Å².